The number of sulfonamides is 1. The molecule has 1 aliphatic heterocycles. The van der Waals surface area contributed by atoms with E-state index in [-0.39, 0.29) is 29.3 Å². The van der Waals surface area contributed by atoms with Gasteiger partial charge in [-0.3, -0.25) is 9.30 Å². The molecule has 3 heterocycles. The maximum Gasteiger partial charge on any atom is 0.522 e. The summed E-state index contributed by atoms with van der Waals surface area (Å²) in [5, 5.41) is 23.0. The first-order valence-electron chi connectivity index (χ1n) is 8.57. The third-order valence-electron chi connectivity index (χ3n) is 4.36. The van der Waals surface area contributed by atoms with Gasteiger partial charge in [0.2, 0.25) is 10.0 Å². The van der Waals surface area contributed by atoms with E-state index in [4.69, 9.17) is 4.74 Å². The third-order valence-corrected chi connectivity index (χ3v) is 5.72. The molecule has 16 heteroatoms. The van der Waals surface area contributed by atoms with Gasteiger partial charge in [-0.15, -0.1) is 13.2 Å². The number of halogens is 3. The molecule has 0 aromatic carbocycles. The Labute approximate surface area is 168 Å². The van der Waals surface area contributed by atoms with Gasteiger partial charge in [0.15, 0.2) is 23.2 Å². The molecule has 1 saturated heterocycles. The summed E-state index contributed by atoms with van der Waals surface area (Å²) < 4.78 is 72.2. The Hall–Kier alpha value is -2.11. The minimum Gasteiger partial charge on any atom is -0.387 e. The van der Waals surface area contributed by atoms with Crippen molar-refractivity contribution in [1.82, 2.24) is 24.2 Å². The summed E-state index contributed by atoms with van der Waals surface area (Å²) in [4.78, 5) is 12.1. The average Bonchev–Trinajstić information content (AvgIpc) is 3.22. The molecule has 0 saturated carbocycles. The van der Waals surface area contributed by atoms with Crippen LogP contribution in [-0.4, -0.2) is 88.8 Å². The average molecular weight is 456 g/mol. The zero-order valence-electron chi connectivity index (χ0n) is 15.4. The molecule has 4 unspecified atom stereocenters. The van der Waals surface area contributed by atoms with Gasteiger partial charge in [0.05, 0.1) is 18.7 Å². The largest absolute Gasteiger partial charge is 0.522 e. The predicted octanol–water partition coefficient (Wildman–Crippen LogP) is -1.06. The number of aromatic nitrogens is 4. The SMILES string of the molecule is CNS(=O)(=O)CCNc1ncnc2c1ncn2C1OC(COC(F)(F)F)C(O)C1O. The van der Waals surface area contributed by atoms with E-state index < -0.39 is 47.5 Å². The summed E-state index contributed by atoms with van der Waals surface area (Å²) in [5.41, 5.74) is 0.359. The van der Waals surface area contributed by atoms with Crippen LogP contribution < -0.4 is 10.0 Å². The maximum atomic E-state index is 12.3. The second-order valence-electron chi connectivity index (χ2n) is 6.30. The lowest BCUT2D eigenvalue weighted by atomic mass is 10.1. The van der Waals surface area contributed by atoms with E-state index in [1.807, 2.05) is 0 Å². The Morgan fingerprint density at radius 1 is 1.27 bits per heavy atom. The number of hydrogen-bond acceptors (Lipinski definition) is 10. The quantitative estimate of drug-likeness (QED) is 0.386. The zero-order chi connectivity index (χ0) is 22.1. The Kier molecular flexibility index (Phi) is 6.44. The standard InChI is InChI=1S/C14H19F3N6O6S/c1-18-30(26,27)3-2-19-11-8-12(21-5-20-11)23(6-22-8)13-10(25)9(24)7(29-13)4-28-14(15,16)17/h5-7,9-10,13,18,24-25H,2-4H2,1H3,(H,19,20,21). The molecular weight excluding hydrogens is 437 g/mol. The second kappa shape index (κ2) is 8.56. The number of imidazole rings is 1. The number of rotatable bonds is 8. The first-order chi connectivity index (χ1) is 14.0. The normalized spacial score (nSPS) is 25.1. The van der Waals surface area contributed by atoms with Crippen molar-refractivity contribution in [3.05, 3.63) is 12.7 Å². The van der Waals surface area contributed by atoms with Gasteiger partial charge in [0.1, 0.15) is 24.6 Å². The molecule has 0 bridgehead atoms. The summed E-state index contributed by atoms with van der Waals surface area (Å²) in [6, 6.07) is 0. The number of ether oxygens (including phenoxy) is 2. The molecule has 3 rings (SSSR count). The molecule has 30 heavy (non-hydrogen) atoms. The lowest BCUT2D eigenvalue weighted by Gasteiger charge is -2.16. The third kappa shape index (κ3) is 4.96. The number of aliphatic hydroxyl groups excluding tert-OH is 2. The zero-order valence-corrected chi connectivity index (χ0v) is 16.3. The fourth-order valence-corrected chi connectivity index (χ4v) is 3.42. The van der Waals surface area contributed by atoms with Crippen LogP contribution >= 0.6 is 0 Å². The molecule has 4 N–H and O–H groups in total. The number of anilines is 1. The highest BCUT2D eigenvalue weighted by atomic mass is 32.2. The van der Waals surface area contributed by atoms with E-state index in [1.165, 1.54) is 17.9 Å². The van der Waals surface area contributed by atoms with Crippen molar-refractivity contribution < 1.29 is 41.3 Å². The molecule has 1 fully saturated rings. The minimum atomic E-state index is -4.91. The van der Waals surface area contributed by atoms with Gasteiger partial charge in [-0.1, -0.05) is 0 Å². The van der Waals surface area contributed by atoms with Crippen LogP contribution in [0.5, 0.6) is 0 Å². The van der Waals surface area contributed by atoms with Gasteiger partial charge in [0, 0.05) is 6.54 Å². The molecule has 2 aromatic heterocycles. The number of hydrogen-bond donors (Lipinski definition) is 4. The highest BCUT2D eigenvalue weighted by Crippen LogP contribution is 2.33. The number of nitrogens with one attached hydrogen (secondary N) is 2. The number of fused-ring (bicyclic) bond motifs is 1. The van der Waals surface area contributed by atoms with Gasteiger partial charge in [-0.05, 0) is 7.05 Å². The highest BCUT2D eigenvalue weighted by molar-refractivity contribution is 7.89. The number of aliphatic hydroxyl groups is 2. The van der Waals surface area contributed by atoms with Crippen molar-refractivity contribution in [1.29, 1.82) is 0 Å². The van der Waals surface area contributed by atoms with E-state index in [0.29, 0.717) is 0 Å². The van der Waals surface area contributed by atoms with Crippen molar-refractivity contribution in [2.75, 3.05) is 31.3 Å². The molecule has 1 aliphatic rings. The summed E-state index contributed by atoms with van der Waals surface area (Å²) in [6.45, 7) is -0.993. The summed E-state index contributed by atoms with van der Waals surface area (Å²) in [6.07, 6.45) is -8.48. The smallest absolute Gasteiger partial charge is 0.387 e. The van der Waals surface area contributed by atoms with E-state index >= 15 is 0 Å². The van der Waals surface area contributed by atoms with Crippen LogP contribution in [0.25, 0.3) is 11.2 Å². The van der Waals surface area contributed by atoms with E-state index in [2.05, 4.69) is 29.7 Å². The topological polar surface area (TPSA) is 161 Å². The van der Waals surface area contributed by atoms with Crippen molar-refractivity contribution >= 4 is 27.0 Å². The Balaban J connectivity index is 1.77. The molecule has 168 valence electrons. The molecule has 2 aromatic rings. The van der Waals surface area contributed by atoms with Crippen LogP contribution in [0.1, 0.15) is 6.23 Å². The van der Waals surface area contributed by atoms with Gasteiger partial charge in [0.25, 0.3) is 0 Å². The van der Waals surface area contributed by atoms with Gasteiger partial charge in [-0.25, -0.2) is 28.1 Å². The first kappa shape index (κ1) is 22.6. The Morgan fingerprint density at radius 3 is 2.67 bits per heavy atom. The maximum absolute atomic E-state index is 12.3. The summed E-state index contributed by atoms with van der Waals surface area (Å²) in [7, 11) is -2.15. The predicted molar refractivity (Wildman–Crippen MR) is 94.6 cm³/mol. The molecule has 0 aliphatic carbocycles. The minimum absolute atomic E-state index is 0.0142. The fourth-order valence-electron chi connectivity index (χ4n) is 2.85. The monoisotopic (exact) mass is 456 g/mol. The van der Waals surface area contributed by atoms with Gasteiger partial charge in [-0.2, -0.15) is 0 Å². The lowest BCUT2D eigenvalue weighted by Crippen LogP contribution is -2.35. The van der Waals surface area contributed by atoms with Crippen molar-refractivity contribution in [2.24, 2.45) is 0 Å². The molecule has 4 atom stereocenters. The van der Waals surface area contributed by atoms with E-state index in [1.54, 1.807) is 0 Å². The van der Waals surface area contributed by atoms with Crippen molar-refractivity contribution in [2.45, 2.75) is 30.9 Å². The van der Waals surface area contributed by atoms with E-state index in [9.17, 15) is 31.8 Å². The summed E-state index contributed by atoms with van der Waals surface area (Å²) >= 11 is 0. The van der Waals surface area contributed by atoms with Crippen molar-refractivity contribution in [3.63, 3.8) is 0 Å². The first-order valence-corrected chi connectivity index (χ1v) is 10.2. The molecular formula is C14H19F3N6O6S. The Bertz CT molecular complexity index is 986. The van der Waals surface area contributed by atoms with Crippen LogP contribution in [0.3, 0.4) is 0 Å². The molecule has 12 nitrogen and oxygen atoms in total. The fraction of sp³-hybridized carbons (Fsp3) is 0.643. The molecule has 0 amide bonds. The highest BCUT2D eigenvalue weighted by Gasteiger charge is 2.46. The van der Waals surface area contributed by atoms with Crippen LogP contribution in [-0.2, 0) is 19.5 Å². The van der Waals surface area contributed by atoms with Gasteiger partial charge < -0.3 is 20.3 Å². The van der Waals surface area contributed by atoms with Crippen LogP contribution in [0.4, 0.5) is 19.0 Å². The van der Waals surface area contributed by atoms with Crippen LogP contribution in [0.2, 0.25) is 0 Å². The van der Waals surface area contributed by atoms with Crippen LogP contribution in [0, 0.1) is 0 Å². The van der Waals surface area contributed by atoms with Crippen molar-refractivity contribution in [3.8, 4) is 0 Å². The molecule has 0 spiro atoms. The molecule has 0 radical (unpaired) electrons. The number of alkyl halides is 3. The number of nitrogens with zero attached hydrogens (tertiary/aromatic N) is 4. The summed E-state index contributed by atoms with van der Waals surface area (Å²) in [5.74, 6) is -0.0252. The Morgan fingerprint density at radius 2 is 2.00 bits per heavy atom. The van der Waals surface area contributed by atoms with Crippen LogP contribution in [0.15, 0.2) is 12.7 Å². The van der Waals surface area contributed by atoms with E-state index in [0.717, 1.165) is 6.33 Å². The van der Waals surface area contributed by atoms with Gasteiger partial charge >= 0.3 is 6.36 Å². The second-order valence-corrected chi connectivity index (χ2v) is 8.35. The lowest BCUT2D eigenvalue weighted by molar-refractivity contribution is -0.333.